The normalized spacial score (nSPS) is 11.1. The van der Waals surface area contributed by atoms with E-state index < -0.39 is 5.56 Å². The number of aromatic amines is 1. The number of rotatable bonds is 6. The lowest BCUT2D eigenvalue weighted by atomic mass is 10.0. The molecule has 0 fully saturated rings. The van der Waals surface area contributed by atoms with Crippen LogP contribution in [-0.4, -0.2) is 20.9 Å². The Balaban J connectivity index is 2.59. The highest BCUT2D eigenvalue weighted by atomic mass is 32.1. The number of benzene rings is 1. The van der Waals surface area contributed by atoms with E-state index in [0.717, 1.165) is 29.7 Å². The molecule has 6 heteroatoms. The van der Waals surface area contributed by atoms with Crippen LogP contribution in [0.1, 0.15) is 30.5 Å². The Morgan fingerprint density at radius 3 is 2.50 bits per heavy atom. The molecule has 0 bridgehead atoms. The third kappa shape index (κ3) is 3.54. The summed E-state index contributed by atoms with van der Waals surface area (Å²) in [6, 6.07) is 6.03. The predicted octanol–water partition coefficient (Wildman–Crippen LogP) is 3.67. The molecule has 2 N–H and O–H groups in total. The smallest absolute Gasteiger partial charge is 0.264 e. The first kappa shape index (κ1) is 17.9. The van der Waals surface area contributed by atoms with Crippen LogP contribution in [0.4, 0.5) is 5.69 Å². The van der Waals surface area contributed by atoms with Crippen molar-refractivity contribution in [2.75, 3.05) is 0 Å². The molecule has 0 radical (unpaired) electrons. The maximum atomic E-state index is 12.1. The SMILES string of the molecule is C=CCn1c(O)c(C=Nc2c(CC)cccc2CC)c(=O)[nH]c1=S. The zero-order chi connectivity index (χ0) is 17.7. The number of para-hydroxylation sites is 1. The van der Waals surface area contributed by atoms with E-state index in [-0.39, 0.29) is 16.2 Å². The van der Waals surface area contributed by atoms with Crippen LogP contribution in [0.15, 0.2) is 40.6 Å². The van der Waals surface area contributed by atoms with Crippen LogP contribution in [-0.2, 0) is 19.4 Å². The van der Waals surface area contributed by atoms with E-state index in [9.17, 15) is 9.90 Å². The topological polar surface area (TPSA) is 70.4 Å². The van der Waals surface area contributed by atoms with Crippen molar-refractivity contribution >= 4 is 24.1 Å². The maximum absolute atomic E-state index is 12.1. The third-order valence-corrected chi connectivity index (χ3v) is 4.13. The summed E-state index contributed by atoms with van der Waals surface area (Å²) in [4.78, 5) is 19.2. The van der Waals surface area contributed by atoms with Crippen molar-refractivity contribution in [2.24, 2.45) is 4.99 Å². The van der Waals surface area contributed by atoms with Crippen molar-refractivity contribution in [2.45, 2.75) is 33.2 Å². The molecule has 0 saturated carbocycles. The van der Waals surface area contributed by atoms with Crippen molar-refractivity contribution in [1.29, 1.82) is 0 Å². The van der Waals surface area contributed by atoms with E-state index in [2.05, 4.69) is 30.4 Å². The Kier molecular flexibility index (Phi) is 5.87. The molecule has 0 aliphatic carbocycles. The number of allylic oxidation sites excluding steroid dienone is 1. The molecular formula is C18H21N3O2S. The number of nitrogens with zero attached hydrogens (tertiary/aromatic N) is 2. The summed E-state index contributed by atoms with van der Waals surface area (Å²) in [7, 11) is 0. The van der Waals surface area contributed by atoms with Gasteiger partial charge < -0.3 is 5.11 Å². The second-order valence-electron chi connectivity index (χ2n) is 5.29. The van der Waals surface area contributed by atoms with Gasteiger partial charge in [-0.15, -0.1) is 6.58 Å². The molecule has 0 aliphatic heterocycles. The first-order valence-corrected chi connectivity index (χ1v) is 8.26. The summed E-state index contributed by atoms with van der Waals surface area (Å²) >= 11 is 5.06. The summed E-state index contributed by atoms with van der Waals surface area (Å²) in [6.45, 7) is 8.04. The van der Waals surface area contributed by atoms with Crippen LogP contribution in [0.25, 0.3) is 0 Å². The lowest BCUT2D eigenvalue weighted by Crippen LogP contribution is -2.18. The second kappa shape index (κ2) is 7.88. The Morgan fingerprint density at radius 2 is 1.96 bits per heavy atom. The van der Waals surface area contributed by atoms with Crippen molar-refractivity contribution in [3.63, 3.8) is 0 Å². The van der Waals surface area contributed by atoms with Gasteiger partial charge in [-0.25, -0.2) is 0 Å². The number of hydrogen-bond acceptors (Lipinski definition) is 4. The highest BCUT2D eigenvalue weighted by Gasteiger charge is 2.11. The fourth-order valence-electron chi connectivity index (χ4n) is 2.50. The minimum Gasteiger partial charge on any atom is -0.494 e. The number of nitrogens with one attached hydrogen (secondary N) is 1. The third-order valence-electron chi connectivity index (χ3n) is 3.81. The van der Waals surface area contributed by atoms with E-state index >= 15 is 0 Å². The first-order chi connectivity index (χ1) is 11.5. The van der Waals surface area contributed by atoms with Crippen LogP contribution >= 0.6 is 12.2 Å². The lowest BCUT2D eigenvalue weighted by Gasteiger charge is -2.10. The average Bonchev–Trinajstić information content (AvgIpc) is 2.58. The Bertz CT molecular complexity index is 872. The number of aryl methyl sites for hydroxylation is 2. The molecule has 2 aromatic rings. The highest BCUT2D eigenvalue weighted by Crippen LogP contribution is 2.26. The fourth-order valence-corrected chi connectivity index (χ4v) is 2.75. The summed E-state index contributed by atoms with van der Waals surface area (Å²) in [5, 5.41) is 10.3. The minimum atomic E-state index is -0.464. The molecule has 1 heterocycles. The van der Waals surface area contributed by atoms with E-state index in [1.165, 1.54) is 10.8 Å². The molecule has 5 nitrogen and oxygen atoms in total. The lowest BCUT2D eigenvalue weighted by molar-refractivity contribution is 0.413. The van der Waals surface area contributed by atoms with E-state index in [1.807, 2.05) is 18.2 Å². The van der Waals surface area contributed by atoms with Crippen molar-refractivity contribution in [3.8, 4) is 5.88 Å². The van der Waals surface area contributed by atoms with Gasteiger partial charge in [-0.3, -0.25) is 19.3 Å². The molecule has 126 valence electrons. The maximum Gasteiger partial charge on any atom is 0.264 e. The summed E-state index contributed by atoms with van der Waals surface area (Å²) < 4.78 is 1.55. The van der Waals surface area contributed by atoms with Gasteiger partial charge in [0.25, 0.3) is 5.56 Å². The van der Waals surface area contributed by atoms with Crippen molar-refractivity contribution < 1.29 is 5.11 Å². The molecule has 24 heavy (non-hydrogen) atoms. The standard InChI is InChI=1S/C18H21N3O2S/c1-4-10-21-17(23)14(16(22)20-18(21)24)11-19-15-12(5-2)8-7-9-13(15)6-3/h4,7-9,11,23H,1,5-6,10H2,2-3H3,(H,20,22,24). The van der Waals surface area contributed by atoms with E-state index in [4.69, 9.17) is 12.2 Å². The van der Waals surface area contributed by atoms with Crippen LogP contribution in [0.2, 0.25) is 0 Å². The predicted molar refractivity (Wildman–Crippen MR) is 100 cm³/mol. The van der Waals surface area contributed by atoms with Gasteiger partial charge in [0, 0.05) is 12.8 Å². The number of hydrogen-bond donors (Lipinski definition) is 2. The quantitative estimate of drug-likeness (QED) is 0.477. The van der Waals surface area contributed by atoms with Gasteiger partial charge in [0.15, 0.2) is 4.77 Å². The zero-order valence-corrected chi connectivity index (χ0v) is 14.7. The zero-order valence-electron chi connectivity index (χ0n) is 13.9. The molecule has 0 unspecified atom stereocenters. The van der Waals surface area contributed by atoms with Gasteiger partial charge in [0.2, 0.25) is 5.88 Å². The summed E-state index contributed by atoms with van der Waals surface area (Å²) in [5.74, 6) is -0.209. The monoisotopic (exact) mass is 343 g/mol. The molecule has 2 rings (SSSR count). The Morgan fingerprint density at radius 1 is 1.33 bits per heavy atom. The van der Waals surface area contributed by atoms with Crippen LogP contribution in [0, 0.1) is 4.77 Å². The molecule has 1 aromatic heterocycles. The fraction of sp³-hybridized carbons (Fsp3) is 0.278. The summed E-state index contributed by atoms with van der Waals surface area (Å²) in [6.07, 6.45) is 4.67. The van der Waals surface area contributed by atoms with Gasteiger partial charge in [-0.05, 0) is 36.2 Å². The van der Waals surface area contributed by atoms with Gasteiger partial charge in [-0.2, -0.15) is 0 Å². The van der Waals surface area contributed by atoms with Gasteiger partial charge >= 0.3 is 0 Å². The number of aliphatic imine (C=N–C) groups is 1. The number of H-pyrrole nitrogens is 1. The van der Waals surface area contributed by atoms with Gasteiger partial charge in [0.05, 0.1) is 5.69 Å². The Labute approximate surface area is 146 Å². The minimum absolute atomic E-state index is 0.0819. The van der Waals surface area contributed by atoms with E-state index in [0.29, 0.717) is 6.54 Å². The van der Waals surface area contributed by atoms with Gasteiger partial charge in [0.1, 0.15) is 5.56 Å². The molecule has 0 atom stereocenters. The molecule has 0 saturated heterocycles. The highest BCUT2D eigenvalue weighted by molar-refractivity contribution is 7.71. The Hall–Kier alpha value is -2.47. The van der Waals surface area contributed by atoms with Gasteiger partial charge in [-0.1, -0.05) is 38.1 Å². The molecule has 1 aromatic carbocycles. The average molecular weight is 343 g/mol. The first-order valence-electron chi connectivity index (χ1n) is 7.85. The van der Waals surface area contributed by atoms with Crippen LogP contribution < -0.4 is 5.56 Å². The molecule has 0 spiro atoms. The number of aromatic nitrogens is 2. The second-order valence-corrected chi connectivity index (χ2v) is 5.67. The van der Waals surface area contributed by atoms with Crippen molar-refractivity contribution in [1.82, 2.24) is 9.55 Å². The van der Waals surface area contributed by atoms with E-state index in [1.54, 1.807) is 6.08 Å². The molecular weight excluding hydrogens is 322 g/mol. The van der Waals surface area contributed by atoms with Crippen molar-refractivity contribution in [3.05, 3.63) is 62.7 Å². The summed E-state index contributed by atoms with van der Waals surface area (Å²) in [5.41, 5.74) is 2.66. The molecule has 0 amide bonds. The number of aromatic hydroxyl groups is 1. The van der Waals surface area contributed by atoms with Crippen LogP contribution in [0.5, 0.6) is 5.88 Å². The molecule has 0 aliphatic rings. The van der Waals surface area contributed by atoms with Crippen LogP contribution in [0.3, 0.4) is 0 Å². The largest absolute Gasteiger partial charge is 0.494 e.